The monoisotopic (exact) mass is 183 g/mol. The molecule has 0 bridgehead atoms. The zero-order valence-corrected chi connectivity index (χ0v) is 6.78. The van der Waals surface area contributed by atoms with E-state index in [1.807, 2.05) is 0 Å². The number of hydrogen-bond donors (Lipinski definition) is 3. The molecular weight excluding hydrogens is 174 g/mol. The minimum Gasteiger partial charge on any atom is -0.481 e. The molecule has 0 aromatic carbocycles. The largest absolute Gasteiger partial charge is 0.481 e. The summed E-state index contributed by atoms with van der Waals surface area (Å²) < 4.78 is 0. The van der Waals surface area contributed by atoms with Gasteiger partial charge in [0.25, 0.3) is 0 Å². The molecule has 0 unspecified atom stereocenters. The van der Waals surface area contributed by atoms with Crippen LogP contribution in [0.5, 0.6) is 0 Å². The average Bonchev–Trinajstić information content (AvgIpc) is 2.53. The number of H-pyrrole nitrogens is 1. The third-order valence-corrected chi connectivity index (χ3v) is 1.32. The highest BCUT2D eigenvalue weighted by Gasteiger charge is 2.05. The minimum atomic E-state index is -0.991. The number of anilines is 1. The molecule has 0 saturated carbocycles. The van der Waals surface area contributed by atoms with Gasteiger partial charge in [-0.05, 0) is 0 Å². The molecule has 1 aromatic heterocycles. The molecule has 70 valence electrons. The molecule has 0 atom stereocenters. The van der Waals surface area contributed by atoms with Gasteiger partial charge in [-0.1, -0.05) is 0 Å². The van der Waals surface area contributed by atoms with Crippen molar-refractivity contribution >= 4 is 17.8 Å². The Bertz CT molecular complexity index is 294. The Morgan fingerprint density at radius 1 is 1.54 bits per heavy atom. The molecule has 0 fully saturated rings. The van der Waals surface area contributed by atoms with Crippen molar-refractivity contribution < 1.29 is 14.7 Å². The second kappa shape index (κ2) is 4.24. The van der Waals surface area contributed by atoms with Gasteiger partial charge in [-0.3, -0.25) is 14.9 Å². The van der Waals surface area contributed by atoms with Gasteiger partial charge >= 0.3 is 5.97 Å². The topological polar surface area (TPSA) is 95.1 Å². The van der Waals surface area contributed by atoms with Gasteiger partial charge in [0, 0.05) is 18.8 Å². The quantitative estimate of drug-likeness (QED) is 0.621. The van der Waals surface area contributed by atoms with Gasteiger partial charge in [0.05, 0.1) is 6.42 Å². The molecule has 6 nitrogen and oxygen atoms in total. The summed E-state index contributed by atoms with van der Waals surface area (Å²) in [7, 11) is 0. The Morgan fingerprint density at radius 2 is 2.31 bits per heavy atom. The summed E-state index contributed by atoms with van der Waals surface area (Å²) in [5, 5.41) is 10.7. The van der Waals surface area contributed by atoms with Crippen molar-refractivity contribution in [1.29, 1.82) is 0 Å². The number of nitrogens with zero attached hydrogens (tertiary/aromatic N) is 1. The third kappa shape index (κ3) is 3.37. The van der Waals surface area contributed by atoms with Gasteiger partial charge in [-0.15, -0.1) is 0 Å². The molecule has 3 N–H and O–H groups in total. The first kappa shape index (κ1) is 9.24. The Balaban J connectivity index is 2.30. The highest BCUT2D eigenvalue weighted by molar-refractivity contribution is 5.90. The first-order valence-electron chi connectivity index (χ1n) is 3.69. The summed E-state index contributed by atoms with van der Waals surface area (Å²) in [4.78, 5) is 27.5. The summed E-state index contributed by atoms with van der Waals surface area (Å²) in [6.45, 7) is 0. The second-order valence-corrected chi connectivity index (χ2v) is 2.38. The molecular formula is C7H9N3O3. The van der Waals surface area contributed by atoms with Crippen LogP contribution in [0.15, 0.2) is 12.4 Å². The van der Waals surface area contributed by atoms with Crippen molar-refractivity contribution in [2.45, 2.75) is 12.8 Å². The summed E-state index contributed by atoms with van der Waals surface area (Å²) in [6.07, 6.45) is 2.84. The molecule has 1 rings (SSSR count). The average molecular weight is 183 g/mol. The molecule has 0 spiro atoms. The van der Waals surface area contributed by atoms with E-state index in [0.717, 1.165) is 0 Å². The minimum absolute atomic E-state index is 0.0456. The van der Waals surface area contributed by atoms with Crippen LogP contribution in [0.2, 0.25) is 0 Å². The number of aliphatic carboxylic acids is 1. The van der Waals surface area contributed by atoms with Crippen LogP contribution in [0.1, 0.15) is 12.8 Å². The molecule has 0 aliphatic carbocycles. The van der Waals surface area contributed by atoms with Crippen molar-refractivity contribution in [2.75, 3.05) is 5.32 Å². The highest BCUT2D eigenvalue weighted by Crippen LogP contribution is 1.97. The fraction of sp³-hybridized carbons (Fsp3) is 0.286. The van der Waals surface area contributed by atoms with E-state index in [-0.39, 0.29) is 18.7 Å². The normalized spacial score (nSPS) is 9.54. The number of aromatic nitrogens is 2. The summed E-state index contributed by atoms with van der Waals surface area (Å²) in [5.74, 6) is -1.03. The third-order valence-electron chi connectivity index (χ3n) is 1.32. The molecule has 0 aliphatic rings. The van der Waals surface area contributed by atoms with Gasteiger partial charge in [-0.25, -0.2) is 4.98 Å². The molecule has 6 heteroatoms. The molecule has 13 heavy (non-hydrogen) atoms. The number of amides is 1. The van der Waals surface area contributed by atoms with E-state index in [0.29, 0.717) is 5.95 Å². The lowest BCUT2D eigenvalue weighted by molar-refractivity contribution is -0.138. The van der Waals surface area contributed by atoms with E-state index in [9.17, 15) is 9.59 Å². The fourth-order valence-electron chi connectivity index (χ4n) is 0.749. The lowest BCUT2D eigenvalue weighted by Crippen LogP contribution is -2.13. The fourth-order valence-corrected chi connectivity index (χ4v) is 0.749. The first-order valence-corrected chi connectivity index (χ1v) is 3.69. The predicted octanol–water partition coefficient (Wildman–Crippen LogP) is 0.213. The van der Waals surface area contributed by atoms with E-state index in [4.69, 9.17) is 5.11 Å². The first-order chi connectivity index (χ1) is 6.18. The van der Waals surface area contributed by atoms with Crippen molar-refractivity contribution in [2.24, 2.45) is 0 Å². The van der Waals surface area contributed by atoms with Gasteiger partial charge in [0.1, 0.15) is 0 Å². The molecule has 1 aromatic rings. The van der Waals surface area contributed by atoms with Crippen molar-refractivity contribution in [3.8, 4) is 0 Å². The Morgan fingerprint density at radius 3 is 2.85 bits per heavy atom. The number of imidazole rings is 1. The number of carbonyl (C=O) groups excluding carboxylic acids is 1. The number of carbonyl (C=O) groups is 2. The van der Waals surface area contributed by atoms with Crippen molar-refractivity contribution in [3.05, 3.63) is 12.4 Å². The number of rotatable bonds is 4. The molecule has 0 radical (unpaired) electrons. The summed E-state index contributed by atoms with van der Waals surface area (Å²) in [5.41, 5.74) is 0. The number of hydrogen-bond acceptors (Lipinski definition) is 3. The van der Waals surface area contributed by atoms with Crippen LogP contribution >= 0.6 is 0 Å². The van der Waals surface area contributed by atoms with Gasteiger partial charge in [0.15, 0.2) is 0 Å². The molecule has 1 heterocycles. The number of carboxylic acid groups (broad SMARTS) is 1. The predicted molar refractivity (Wildman–Crippen MR) is 44.1 cm³/mol. The SMILES string of the molecule is O=C(O)CCC(=O)Nc1ncc[nH]1. The van der Waals surface area contributed by atoms with E-state index >= 15 is 0 Å². The van der Waals surface area contributed by atoms with Crippen LogP contribution in [0, 0.1) is 0 Å². The lowest BCUT2D eigenvalue weighted by Gasteiger charge is -1.98. The second-order valence-electron chi connectivity index (χ2n) is 2.38. The van der Waals surface area contributed by atoms with Crippen LogP contribution in [-0.4, -0.2) is 27.0 Å². The van der Waals surface area contributed by atoms with Gasteiger partial charge < -0.3 is 10.1 Å². The summed E-state index contributed by atoms with van der Waals surface area (Å²) >= 11 is 0. The van der Waals surface area contributed by atoms with Crippen molar-refractivity contribution in [3.63, 3.8) is 0 Å². The van der Waals surface area contributed by atoms with E-state index < -0.39 is 5.97 Å². The number of aromatic amines is 1. The highest BCUT2D eigenvalue weighted by atomic mass is 16.4. The standard InChI is InChI=1S/C7H9N3O3/c11-5(1-2-6(12)13)10-7-8-3-4-9-7/h3-4H,1-2H2,(H,12,13)(H2,8,9,10,11). The number of nitrogens with one attached hydrogen (secondary N) is 2. The maximum Gasteiger partial charge on any atom is 0.303 e. The van der Waals surface area contributed by atoms with Crippen LogP contribution in [-0.2, 0) is 9.59 Å². The Labute approximate surface area is 74.0 Å². The molecule has 0 aliphatic heterocycles. The maximum atomic E-state index is 11.0. The Kier molecular flexibility index (Phi) is 3.02. The zero-order chi connectivity index (χ0) is 9.68. The van der Waals surface area contributed by atoms with Gasteiger partial charge in [-0.2, -0.15) is 0 Å². The Hall–Kier alpha value is -1.85. The van der Waals surface area contributed by atoms with E-state index in [1.54, 1.807) is 6.20 Å². The smallest absolute Gasteiger partial charge is 0.303 e. The summed E-state index contributed by atoms with van der Waals surface area (Å²) in [6, 6.07) is 0. The number of carboxylic acids is 1. The molecule has 0 saturated heterocycles. The van der Waals surface area contributed by atoms with Crippen LogP contribution in [0.25, 0.3) is 0 Å². The van der Waals surface area contributed by atoms with E-state index in [1.165, 1.54) is 6.20 Å². The van der Waals surface area contributed by atoms with Crippen molar-refractivity contribution in [1.82, 2.24) is 9.97 Å². The van der Waals surface area contributed by atoms with E-state index in [2.05, 4.69) is 15.3 Å². The van der Waals surface area contributed by atoms with Crippen LogP contribution in [0.4, 0.5) is 5.95 Å². The lowest BCUT2D eigenvalue weighted by atomic mass is 10.3. The van der Waals surface area contributed by atoms with Gasteiger partial charge in [0.2, 0.25) is 11.9 Å². The van der Waals surface area contributed by atoms with Crippen LogP contribution < -0.4 is 5.32 Å². The zero-order valence-electron chi connectivity index (χ0n) is 6.78. The molecule has 1 amide bonds. The van der Waals surface area contributed by atoms with Crippen LogP contribution in [0.3, 0.4) is 0 Å². The maximum absolute atomic E-state index is 11.0.